The predicted molar refractivity (Wildman–Crippen MR) is 112 cm³/mol. The fraction of sp³-hybridized carbons (Fsp3) is 0.333. The third-order valence-electron chi connectivity index (χ3n) is 4.60. The molecule has 0 aliphatic carbocycles. The zero-order valence-electron chi connectivity index (χ0n) is 16.0. The minimum absolute atomic E-state index is 0.203. The number of imidazole rings is 1. The molecule has 1 aromatic heterocycles. The van der Waals surface area contributed by atoms with Gasteiger partial charge in [0, 0.05) is 5.56 Å². The molecule has 0 bridgehead atoms. The number of halogens is 2. The number of rotatable bonds is 7. The monoisotopic (exact) mass is 420 g/mol. The number of aromatic amines is 1. The van der Waals surface area contributed by atoms with E-state index in [4.69, 9.17) is 32.7 Å². The number of carbonyl (C=O) groups is 1. The first-order chi connectivity index (χ1) is 13.3. The van der Waals surface area contributed by atoms with Crippen molar-refractivity contribution in [3.05, 3.63) is 46.4 Å². The number of H-pyrrole nitrogens is 1. The van der Waals surface area contributed by atoms with E-state index in [0.29, 0.717) is 23.1 Å². The first-order valence-corrected chi connectivity index (χ1v) is 9.72. The van der Waals surface area contributed by atoms with E-state index in [9.17, 15) is 4.79 Å². The van der Waals surface area contributed by atoms with Crippen LogP contribution in [0.4, 0.5) is 0 Å². The molecule has 0 fully saturated rings. The van der Waals surface area contributed by atoms with Gasteiger partial charge in [-0.25, -0.2) is 4.98 Å². The number of fused-ring (bicyclic) bond motifs is 1. The van der Waals surface area contributed by atoms with Gasteiger partial charge in [0.15, 0.2) is 0 Å². The van der Waals surface area contributed by atoms with E-state index >= 15 is 0 Å². The highest BCUT2D eigenvalue weighted by Crippen LogP contribution is 2.29. The lowest BCUT2D eigenvalue weighted by atomic mass is 9.88. The number of hydrogen-bond donors (Lipinski definition) is 1. The number of carbonyl (C=O) groups excluding carboxylic acids is 1. The van der Waals surface area contributed by atoms with Crippen molar-refractivity contribution in [2.24, 2.45) is 5.41 Å². The molecule has 3 aromatic rings. The van der Waals surface area contributed by atoms with E-state index in [1.54, 1.807) is 12.1 Å². The van der Waals surface area contributed by atoms with Crippen LogP contribution in [0.3, 0.4) is 0 Å². The lowest BCUT2D eigenvalue weighted by molar-refractivity contribution is -0.151. The molecule has 0 aliphatic rings. The summed E-state index contributed by atoms with van der Waals surface area (Å²) in [6, 6.07) is 11.2. The van der Waals surface area contributed by atoms with Gasteiger partial charge in [0.05, 0.1) is 40.2 Å². The van der Waals surface area contributed by atoms with Gasteiger partial charge >= 0.3 is 5.97 Å². The number of nitrogens with one attached hydrogen (secondary N) is 1. The lowest BCUT2D eigenvalue weighted by Crippen LogP contribution is -2.26. The molecule has 0 saturated carbocycles. The standard InChI is InChI=1S/C21H22Cl2N2O3/c1-21(2,20(26)27-3)9-4-10-28-14-7-5-13(6-8-14)19-24-17-11-15(22)16(23)12-18(17)25-19/h5-8,11-12H,4,9-10H2,1-3H3,(H,24,25). The van der Waals surface area contributed by atoms with Gasteiger partial charge in [0.1, 0.15) is 11.6 Å². The van der Waals surface area contributed by atoms with Crippen LogP contribution in [0.5, 0.6) is 5.75 Å². The zero-order chi connectivity index (χ0) is 20.3. The Balaban J connectivity index is 1.60. The van der Waals surface area contributed by atoms with E-state index in [1.807, 2.05) is 38.1 Å². The van der Waals surface area contributed by atoms with Crippen LogP contribution >= 0.6 is 23.2 Å². The van der Waals surface area contributed by atoms with Crippen LogP contribution in [-0.4, -0.2) is 29.7 Å². The number of aromatic nitrogens is 2. The molecule has 0 saturated heterocycles. The van der Waals surface area contributed by atoms with Crippen LogP contribution in [0.2, 0.25) is 10.0 Å². The molecule has 0 atom stereocenters. The molecule has 0 unspecified atom stereocenters. The van der Waals surface area contributed by atoms with E-state index < -0.39 is 5.41 Å². The average molecular weight is 421 g/mol. The molecular weight excluding hydrogens is 399 g/mol. The molecule has 3 rings (SSSR count). The van der Waals surface area contributed by atoms with Crippen molar-refractivity contribution in [3.8, 4) is 17.1 Å². The van der Waals surface area contributed by atoms with Crippen LogP contribution in [-0.2, 0) is 9.53 Å². The average Bonchev–Trinajstić information content (AvgIpc) is 3.08. The van der Waals surface area contributed by atoms with Crippen molar-refractivity contribution in [1.82, 2.24) is 9.97 Å². The number of benzene rings is 2. The molecule has 0 spiro atoms. The van der Waals surface area contributed by atoms with E-state index in [-0.39, 0.29) is 5.97 Å². The molecule has 2 aromatic carbocycles. The normalized spacial score (nSPS) is 11.6. The Morgan fingerprint density at radius 1 is 1.14 bits per heavy atom. The van der Waals surface area contributed by atoms with Crippen LogP contribution < -0.4 is 4.74 Å². The van der Waals surface area contributed by atoms with Crippen molar-refractivity contribution in [2.75, 3.05) is 13.7 Å². The maximum atomic E-state index is 11.7. The van der Waals surface area contributed by atoms with Gasteiger partial charge in [-0.1, -0.05) is 23.2 Å². The summed E-state index contributed by atoms with van der Waals surface area (Å²) in [6.07, 6.45) is 1.46. The smallest absolute Gasteiger partial charge is 0.311 e. The van der Waals surface area contributed by atoms with Crippen LogP contribution in [0.25, 0.3) is 22.4 Å². The maximum Gasteiger partial charge on any atom is 0.311 e. The molecule has 148 valence electrons. The Labute approximate surface area is 174 Å². The summed E-state index contributed by atoms with van der Waals surface area (Å²) in [5, 5.41) is 0.967. The first-order valence-electron chi connectivity index (χ1n) is 8.96. The molecular formula is C21H22Cl2N2O3. The lowest BCUT2D eigenvalue weighted by Gasteiger charge is -2.21. The Bertz CT molecular complexity index is 942. The van der Waals surface area contributed by atoms with E-state index in [0.717, 1.165) is 34.6 Å². The first kappa shape index (κ1) is 20.5. The molecule has 1 N–H and O–H groups in total. The Kier molecular flexibility index (Phi) is 6.16. The van der Waals surface area contributed by atoms with Gasteiger partial charge in [0.2, 0.25) is 0 Å². The second kappa shape index (κ2) is 8.41. The number of hydrogen-bond acceptors (Lipinski definition) is 4. The summed E-state index contributed by atoms with van der Waals surface area (Å²) in [5.41, 5.74) is 2.02. The highest BCUT2D eigenvalue weighted by molar-refractivity contribution is 6.42. The number of esters is 1. The second-order valence-electron chi connectivity index (χ2n) is 7.22. The fourth-order valence-electron chi connectivity index (χ4n) is 2.93. The Morgan fingerprint density at radius 2 is 1.82 bits per heavy atom. The number of ether oxygens (including phenoxy) is 2. The topological polar surface area (TPSA) is 64.2 Å². The van der Waals surface area contributed by atoms with Crippen LogP contribution in [0.1, 0.15) is 26.7 Å². The number of nitrogens with zero attached hydrogens (tertiary/aromatic N) is 1. The van der Waals surface area contributed by atoms with Crippen molar-refractivity contribution in [1.29, 1.82) is 0 Å². The predicted octanol–water partition coefficient (Wildman–Crippen LogP) is 5.89. The molecule has 1 heterocycles. The van der Waals surface area contributed by atoms with Crippen molar-refractivity contribution in [2.45, 2.75) is 26.7 Å². The summed E-state index contributed by atoms with van der Waals surface area (Å²) in [5.74, 6) is 1.30. The summed E-state index contributed by atoms with van der Waals surface area (Å²) >= 11 is 12.1. The molecule has 0 aliphatic heterocycles. The highest BCUT2D eigenvalue weighted by atomic mass is 35.5. The van der Waals surface area contributed by atoms with Crippen molar-refractivity contribution >= 4 is 40.2 Å². The third-order valence-corrected chi connectivity index (χ3v) is 5.33. The second-order valence-corrected chi connectivity index (χ2v) is 8.04. The minimum atomic E-state index is -0.505. The number of methoxy groups -OCH3 is 1. The Hall–Kier alpha value is -2.24. The summed E-state index contributed by atoms with van der Waals surface area (Å²) in [4.78, 5) is 19.5. The summed E-state index contributed by atoms with van der Waals surface area (Å²) in [6.45, 7) is 4.28. The minimum Gasteiger partial charge on any atom is -0.494 e. The highest BCUT2D eigenvalue weighted by Gasteiger charge is 2.27. The van der Waals surface area contributed by atoms with Gasteiger partial charge in [-0.2, -0.15) is 0 Å². The molecule has 0 amide bonds. The molecule has 0 radical (unpaired) electrons. The van der Waals surface area contributed by atoms with Gasteiger partial charge in [-0.05, 0) is 63.1 Å². The van der Waals surface area contributed by atoms with Crippen molar-refractivity contribution < 1.29 is 14.3 Å². The van der Waals surface area contributed by atoms with E-state index in [1.165, 1.54) is 7.11 Å². The quantitative estimate of drug-likeness (QED) is 0.381. The largest absolute Gasteiger partial charge is 0.494 e. The van der Waals surface area contributed by atoms with Crippen molar-refractivity contribution in [3.63, 3.8) is 0 Å². The molecule has 28 heavy (non-hydrogen) atoms. The Morgan fingerprint density at radius 3 is 2.50 bits per heavy atom. The van der Waals surface area contributed by atoms with Crippen LogP contribution in [0, 0.1) is 5.41 Å². The zero-order valence-corrected chi connectivity index (χ0v) is 17.5. The molecule has 5 nitrogen and oxygen atoms in total. The summed E-state index contributed by atoms with van der Waals surface area (Å²) in [7, 11) is 1.41. The van der Waals surface area contributed by atoms with Gasteiger partial charge in [-0.3, -0.25) is 4.79 Å². The van der Waals surface area contributed by atoms with Gasteiger partial charge < -0.3 is 14.5 Å². The maximum absolute atomic E-state index is 11.7. The van der Waals surface area contributed by atoms with Crippen LogP contribution in [0.15, 0.2) is 36.4 Å². The molecule has 7 heteroatoms. The SMILES string of the molecule is COC(=O)C(C)(C)CCCOc1ccc(-c2nc3cc(Cl)c(Cl)cc3[nH]2)cc1. The fourth-order valence-corrected chi connectivity index (χ4v) is 3.25. The van der Waals surface area contributed by atoms with Gasteiger partial charge in [0.25, 0.3) is 0 Å². The van der Waals surface area contributed by atoms with Gasteiger partial charge in [-0.15, -0.1) is 0 Å². The van der Waals surface area contributed by atoms with E-state index in [2.05, 4.69) is 9.97 Å². The summed E-state index contributed by atoms with van der Waals surface area (Å²) < 4.78 is 10.6. The third kappa shape index (κ3) is 4.59.